The second kappa shape index (κ2) is 7.10. The molecule has 2 heterocycles. The Morgan fingerprint density at radius 2 is 2.04 bits per heavy atom. The lowest BCUT2D eigenvalue weighted by Gasteiger charge is -2.32. The molecule has 0 radical (unpaired) electrons. The molecule has 1 atom stereocenters. The molecule has 1 aliphatic heterocycles. The highest BCUT2D eigenvalue weighted by molar-refractivity contribution is 7.90. The first-order valence-corrected chi connectivity index (χ1v) is 9.99. The summed E-state index contributed by atoms with van der Waals surface area (Å²) in [5, 5.41) is 5.81. The lowest BCUT2D eigenvalue weighted by atomic mass is 10.1. The van der Waals surface area contributed by atoms with Crippen molar-refractivity contribution in [2.45, 2.75) is 56.7 Å². The summed E-state index contributed by atoms with van der Waals surface area (Å²) in [5.41, 5.74) is 0. The van der Waals surface area contributed by atoms with E-state index >= 15 is 0 Å². The molecule has 134 valence electrons. The number of amides is 2. The Bertz CT molecular complexity index is 681. The molecule has 2 N–H and O–H groups in total. The second-order valence-corrected chi connectivity index (χ2v) is 8.60. The first-order valence-electron chi connectivity index (χ1n) is 8.44. The molecule has 9 heteroatoms. The maximum atomic E-state index is 12.6. The minimum Gasteiger partial charge on any atom is -0.360 e. The van der Waals surface area contributed by atoms with Gasteiger partial charge in [0.15, 0.2) is 5.82 Å². The number of anilines is 1. The molecule has 3 rings (SSSR count). The number of carbonyl (C=O) groups excluding carboxylic acids is 1. The van der Waals surface area contributed by atoms with Crippen LogP contribution in [0.25, 0.3) is 0 Å². The monoisotopic (exact) mass is 356 g/mol. The number of aryl methyl sites for hydroxylation is 1. The third-order valence-corrected chi connectivity index (χ3v) is 6.58. The largest absolute Gasteiger partial charge is 0.360 e. The van der Waals surface area contributed by atoms with E-state index < -0.39 is 15.3 Å². The highest BCUT2D eigenvalue weighted by atomic mass is 32.2. The van der Waals surface area contributed by atoms with Crippen LogP contribution in [0.4, 0.5) is 10.6 Å². The van der Waals surface area contributed by atoms with Gasteiger partial charge in [-0.25, -0.2) is 17.9 Å². The minimum atomic E-state index is -3.41. The summed E-state index contributed by atoms with van der Waals surface area (Å²) in [6.07, 6.45) is 5.20. The van der Waals surface area contributed by atoms with Crippen LogP contribution in [0.3, 0.4) is 0 Å². The summed E-state index contributed by atoms with van der Waals surface area (Å²) in [6.45, 7) is 2.48. The van der Waals surface area contributed by atoms with Gasteiger partial charge in [-0.1, -0.05) is 18.0 Å². The number of aromatic nitrogens is 1. The van der Waals surface area contributed by atoms with Crippen molar-refractivity contribution in [2.24, 2.45) is 0 Å². The zero-order chi connectivity index (χ0) is 17.2. The van der Waals surface area contributed by atoms with E-state index in [9.17, 15) is 13.2 Å². The molecule has 8 nitrogen and oxygen atoms in total. The molecule has 1 saturated heterocycles. The lowest BCUT2D eigenvalue weighted by molar-refractivity contribution is 0.200. The van der Waals surface area contributed by atoms with Crippen molar-refractivity contribution >= 4 is 21.9 Å². The van der Waals surface area contributed by atoms with Gasteiger partial charge in [-0.3, -0.25) is 5.32 Å². The Hall–Kier alpha value is -1.61. The molecule has 0 bridgehead atoms. The number of sulfonamides is 1. The number of carbonyl (C=O) groups is 1. The van der Waals surface area contributed by atoms with Crippen LogP contribution in [0.1, 0.15) is 44.3 Å². The Morgan fingerprint density at radius 1 is 1.29 bits per heavy atom. The molecule has 1 saturated carbocycles. The first-order chi connectivity index (χ1) is 11.4. The van der Waals surface area contributed by atoms with Gasteiger partial charge in [-0.2, -0.15) is 0 Å². The molecular weight excluding hydrogens is 332 g/mol. The summed E-state index contributed by atoms with van der Waals surface area (Å²) in [7, 11) is -3.41. The zero-order valence-electron chi connectivity index (χ0n) is 13.8. The van der Waals surface area contributed by atoms with Gasteiger partial charge in [0, 0.05) is 25.2 Å². The number of nitrogens with one attached hydrogen (secondary N) is 2. The summed E-state index contributed by atoms with van der Waals surface area (Å²) in [4.78, 5) is 13.8. The SMILES string of the molecule is Cc1cc(NC(=O)N2CCC[C@H](S(=O)(=O)NC3CCCC3)C2)no1. The van der Waals surface area contributed by atoms with Crippen LogP contribution in [0.2, 0.25) is 0 Å². The summed E-state index contributed by atoms with van der Waals surface area (Å²) < 4.78 is 32.9. The normalized spacial score (nSPS) is 22.7. The van der Waals surface area contributed by atoms with E-state index in [0.717, 1.165) is 25.7 Å². The van der Waals surface area contributed by atoms with Crippen molar-refractivity contribution < 1.29 is 17.7 Å². The maximum absolute atomic E-state index is 12.6. The van der Waals surface area contributed by atoms with Crippen molar-refractivity contribution in [3.05, 3.63) is 11.8 Å². The molecule has 2 aliphatic rings. The van der Waals surface area contributed by atoms with Gasteiger partial charge in [0.25, 0.3) is 0 Å². The van der Waals surface area contributed by atoms with Crippen LogP contribution < -0.4 is 10.0 Å². The van der Waals surface area contributed by atoms with Crippen LogP contribution in [-0.4, -0.2) is 48.9 Å². The molecule has 1 aromatic heterocycles. The standard InChI is InChI=1S/C15H24N4O4S/c1-11-9-14(17-23-11)16-15(20)19-8-4-7-13(10-19)24(21,22)18-12-5-2-3-6-12/h9,12-13,18H,2-8,10H2,1H3,(H,16,17,20)/t13-/m0/s1. The molecule has 1 aliphatic carbocycles. The third-order valence-electron chi connectivity index (χ3n) is 4.65. The van der Waals surface area contributed by atoms with Gasteiger partial charge in [0.2, 0.25) is 10.0 Å². The van der Waals surface area contributed by atoms with Crippen LogP contribution in [0, 0.1) is 6.92 Å². The Labute approximate surface area is 142 Å². The van der Waals surface area contributed by atoms with Gasteiger partial charge in [0.1, 0.15) is 5.76 Å². The molecule has 24 heavy (non-hydrogen) atoms. The van der Waals surface area contributed by atoms with Crippen LogP contribution in [0.15, 0.2) is 10.6 Å². The van der Waals surface area contributed by atoms with E-state index in [0.29, 0.717) is 31.0 Å². The fourth-order valence-corrected chi connectivity index (χ4v) is 5.11. The Morgan fingerprint density at radius 3 is 2.71 bits per heavy atom. The highest BCUT2D eigenvalue weighted by Crippen LogP contribution is 2.22. The third kappa shape index (κ3) is 4.07. The second-order valence-electron chi connectivity index (χ2n) is 6.61. The smallest absolute Gasteiger partial charge is 0.323 e. The van der Waals surface area contributed by atoms with Crippen molar-refractivity contribution in [2.75, 3.05) is 18.4 Å². The van der Waals surface area contributed by atoms with E-state index in [-0.39, 0.29) is 18.6 Å². The molecule has 0 spiro atoms. The van der Waals surface area contributed by atoms with Gasteiger partial charge in [-0.15, -0.1) is 0 Å². The predicted molar refractivity (Wildman–Crippen MR) is 89.2 cm³/mol. The van der Waals surface area contributed by atoms with Gasteiger partial charge >= 0.3 is 6.03 Å². The molecule has 2 fully saturated rings. The van der Waals surface area contributed by atoms with E-state index in [1.165, 1.54) is 4.90 Å². The molecule has 0 unspecified atom stereocenters. The van der Waals surface area contributed by atoms with E-state index in [2.05, 4.69) is 15.2 Å². The number of rotatable bonds is 4. The number of urea groups is 1. The highest BCUT2D eigenvalue weighted by Gasteiger charge is 2.34. The van der Waals surface area contributed by atoms with Gasteiger partial charge < -0.3 is 9.42 Å². The zero-order valence-corrected chi connectivity index (χ0v) is 14.6. The quantitative estimate of drug-likeness (QED) is 0.856. The van der Waals surface area contributed by atoms with Crippen molar-refractivity contribution in [1.29, 1.82) is 0 Å². The van der Waals surface area contributed by atoms with Crippen LogP contribution >= 0.6 is 0 Å². The lowest BCUT2D eigenvalue weighted by Crippen LogP contribution is -2.50. The predicted octanol–water partition coefficient (Wildman–Crippen LogP) is 1.84. The summed E-state index contributed by atoms with van der Waals surface area (Å²) in [6, 6.07) is 1.33. The topological polar surface area (TPSA) is 105 Å². The molecular formula is C15H24N4O4S. The fraction of sp³-hybridized carbons (Fsp3) is 0.733. The van der Waals surface area contributed by atoms with Crippen LogP contribution in [0.5, 0.6) is 0 Å². The maximum Gasteiger partial charge on any atom is 0.323 e. The average molecular weight is 356 g/mol. The van der Waals surface area contributed by atoms with Crippen LogP contribution in [-0.2, 0) is 10.0 Å². The molecule has 2 amide bonds. The first kappa shape index (κ1) is 17.2. The Kier molecular flexibility index (Phi) is 5.09. The molecule has 0 aromatic carbocycles. The minimum absolute atomic E-state index is 0.0531. The average Bonchev–Trinajstić information content (AvgIpc) is 3.19. The van der Waals surface area contributed by atoms with Crippen molar-refractivity contribution in [1.82, 2.24) is 14.8 Å². The number of likely N-dealkylation sites (tertiary alicyclic amines) is 1. The summed E-state index contributed by atoms with van der Waals surface area (Å²) >= 11 is 0. The van der Waals surface area contributed by atoms with Gasteiger partial charge in [-0.05, 0) is 32.6 Å². The number of hydrogen-bond acceptors (Lipinski definition) is 5. The summed E-state index contributed by atoms with van der Waals surface area (Å²) in [5.74, 6) is 0.941. The fourth-order valence-electron chi connectivity index (χ4n) is 3.36. The van der Waals surface area contributed by atoms with Crippen molar-refractivity contribution in [3.63, 3.8) is 0 Å². The van der Waals surface area contributed by atoms with E-state index in [4.69, 9.17) is 4.52 Å². The Balaban J connectivity index is 1.59. The van der Waals surface area contributed by atoms with Crippen molar-refractivity contribution in [3.8, 4) is 0 Å². The van der Waals surface area contributed by atoms with Gasteiger partial charge in [0.05, 0.1) is 5.25 Å². The number of piperidine rings is 1. The number of hydrogen-bond donors (Lipinski definition) is 2. The number of nitrogens with zero attached hydrogens (tertiary/aromatic N) is 2. The van der Waals surface area contributed by atoms with E-state index in [1.807, 2.05) is 0 Å². The van der Waals surface area contributed by atoms with E-state index in [1.54, 1.807) is 13.0 Å². The molecule has 1 aromatic rings.